The van der Waals surface area contributed by atoms with Gasteiger partial charge in [-0.1, -0.05) is 24.3 Å². The first-order chi connectivity index (χ1) is 6.65. The van der Waals surface area contributed by atoms with Gasteiger partial charge >= 0.3 is 0 Å². The number of nitrogens with two attached hydrogens (primary N) is 1. The number of benzene rings is 1. The van der Waals surface area contributed by atoms with Gasteiger partial charge in [-0.2, -0.15) is 0 Å². The van der Waals surface area contributed by atoms with Crippen molar-refractivity contribution in [2.45, 2.75) is 13.5 Å². The molecule has 0 saturated heterocycles. The molecule has 0 unspecified atom stereocenters. The highest BCUT2D eigenvalue weighted by Crippen LogP contribution is 2.09. The van der Waals surface area contributed by atoms with E-state index < -0.39 is 0 Å². The van der Waals surface area contributed by atoms with E-state index in [4.69, 9.17) is 5.73 Å². The van der Waals surface area contributed by atoms with E-state index >= 15 is 0 Å². The Bertz CT molecular complexity index is 323. The third kappa shape index (κ3) is 2.57. The van der Waals surface area contributed by atoms with Crippen molar-refractivity contribution >= 4 is 5.91 Å². The van der Waals surface area contributed by atoms with E-state index in [-0.39, 0.29) is 12.5 Å². The predicted molar refractivity (Wildman–Crippen MR) is 56.7 cm³/mol. The molecule has 0 saturated carbocycles. The largest absolute Gasteiger partial charge is 0.340 e. The van der Waals surface area contributed by atoms with Crippen LogP contribution in [0.4, 0.5) is 0 Å². The zero-order valence-electron chi connectivity index (χ0n) is 8.66. The van der Waals surface area contributed by atoms with Crippen LogP contribution < -0.4 is 5.73 Å². The SMILES string of the molecule is Cc1ccccc1CN(C)C(=O)CN. The highest BCUT2D eigenvalue weighted by atomic mass is 16.2. The lowest BCUT2D eigenvalue weighted by atomic mass is 10.1. The molecule has 1 aromatic carbocycles. The Balaban J connectivity index is 2.69. The molecule has 1 amide bonds. The number of likely N-dealkylation sites (N-methyl/N-ethyl adjacent to an activating group) is 1. The van der Waals surface area contributed by atoms with Gasteiger partial charge in [-0.25, -0.2) is 0 Å². The van der Waals surface area contributed by atoms with E-state index in [1.165, 1.54) is 5.56 Å². The van der Waals surface area contributed by atoms with E-state index in [1.807, 2.05) is 31.2 Å². The number of nitrogens with zero attached hydrogens (tertiary/aromatic N) is 1. The summed E-state index contributed by atoms with van der Waals surface area (Å²) in [6.07, 6.45) is 0. The topological polar surface area (TPSA) is 46.3 Å². The minimum atomic E-state index is -0.0340. The summed E-state index contributed by atoms with van der Waals surface area (Å²) in [6.45, 7) is 2.74. The van der Waals surface area contributed by atoms with Crippen molar-refractivity contribution in [3.63, 3.8) is 0 Å². The lowest BCUT2D eigenvalue weighted by molar-refractivity contribution is -0.128. The van der Waals surface area contributed by atoms with Gasteiger partial charge < -0.3 is 10.6 Å². The molecule has 0 aliphatic heterocycles. The Labute approximate surface area is 84.5 Å². The lowest BCUT2D eigenvalue weighted by Crippen LogP contribution is -2.32. The number of carbonyl (C=O) groups is 1. The first-order valence-corrected chi connectivity index (χ1v) is 4.63. The summed E-state index contributed by atoms with van der Waals surface area (Å²) in [4.78, 5) is 12.9. The summed E-state index contributed by atoms with van der Waals surface area (Å²) in [5.74, 6) is -0.0340. The third-order valence-electron chi connectivity index (χ3n) is 2.27. The average Bonchev–Trinajstić information content (AvgIpc) is 2.20. The summed E-state index contributed by atoms with van der Waals surface area (Å²) in [6, 6.07) is 8.03. The zero-order valence-corrected chi connectivity index (χ0v) is 8.66. The monoisotopic (exact) mass is 192 g/mol. The second kappa shape index (κ2) is 4.77. The van der Waals surface area contributed by atoms with Crippen molar-refractivity contribution in [1.29, 1.82) is 0 Å². The summed E-state index contributed by atoms with van der Waals surface area (Å²) in [7, 11) is 1.77. The van der Waals surface area contributed by atoms with Crippen LogP contribution in [0.25, 0.3) is 0 Å². The molecule has 1 rings (SSSR count). The van der Waals surface area contributed by atoms with E-state index in [0.717, 1.165) is 5.56 Å². The van der Waals surface area contributed by atoms with Crippen molar-refractivity contribution in [1.82, 2.24) is 4.90 Å². The number of hydrogen-bond donors (Lipinski definition) is 1. The maximum absolute atomic E-state index is 11.2. The van der Waals surface area contributed by atoms with Gasteiger partial charge in [0.2, 0.25) is 5.91 Å². The van der Waals surface area contributed by atoms with Crippen LogP contribution in [0.5, 0.6) is 0 Å². The van der Waals surface area contributed by atoms with Crippen molar-refractivity contribution in [3.05, 3.63) is 35.4 Å². The summed E-state index contributed by atoms with van der Waals surface area (Å²) >= 11 is 0. The van der Waals surface area contributed by atoms with Gasteiger partial charge in [0.05, 0.1) is 6.54 Å². The summed E-state index contributed by atoms with van der Waals surface area (Å²) < 4.78 is 0. The second-order valence-corrected chi connectivity index (χ2v) is 3.38. The highest BCUT2D eigenvalue weighted by molar-refractivity contribution is 5.77. The number of hydrogen-bond acceptors (Lipinski definition) is 2. The molecule has 0 aliphatic rings. The second-order valence-electron chi connectivity index (χ2n) is 3.38. The number of carbonyl (C=O) groups excluding carboxylic acids is 1. The normalized spacial score (nSPS) is 9.93. The molecular weight excluding hydrogens is 176 g/mol. The maximum Gasteiger partial charge on any atom is 0.236 e. The number of amides is 1. The molecule has 0 spiro atoms. The van der Waals surface area contributed by atoms with Gasteiger partial charge in [0.15, 0.2) is 0 Å². The van der Waals surface area contributed by atoms with Crippen molar-refractivity contribution in [2.75, 3.05) is 13.6 Å². The van der Waals surface area contributed by atoms with Crippen LogP contribution in [0.2, 0.25) is 0 Å². The number of rotatable bonds is 3. The quantitative estimate of drug-likeness (QED) is 0.773. The standard InChI is InChI=1S/C11H16N2O/c1-9-5-3-4-6-10(9)8-13(2)11(14)7-12/h3-6H,7-8,12H2,1-2H3. The molecule has 1 aromatic rings. The third-order valence-corrected chi connectivity index (χ3v) is 2.27. The molecule has 0 atom stereocenters. The molecule has 0 fully saturated rings. The van der Waals surface area contributed by atoms with Crippen LogP contribution in [0.3, 0.4) is 0 Å². The van der Waals surface area contributed by atoms with Gasteiger partial charge in [-0.15, -0.1) is 0 Å². The minimum absolute atomic E-state index is 0.0340. The number of aryl methyl sites for hydroxylation is 1. The molecule has 76 valence electrons. The van der Waals surface area contributed by atoms with E-state index in [1.54, 1.807) is 11.9 Å². The van der Waals surface area contributed by atoms with Gasteiger partial charge in [0, 0.05) is 13.6 Å². The molecule has 0 radical (unpaired) electrons. The summed E-state index contributed by atoms with van der Waals surface area (Å²) in [5.41, 5.74) is 7.64. The Morgan fingerprint density at radius 1 is 1.43 bits per heavy atom. The fourth-order valence-corrected chi connectivity index (χ4v) is 1.29. The molecular formula is C11H16N2O. The van der Waals surface area contributed by atoms with Gasteiger partial charge in [-0.05, 0) is 18.1 Å². The van der Waals surface area contributed by atoms with Crippen LogP contribution in [0.1, 0.15) is 11.1 Å². The Hall–Kier alpha value is -1.35. The average molecular weight is 192 g/mol. The predicted octanol–water partition coefficient (Wildman–Crippen LogP) is 0.912. The van der Waals surface area contributed by atoms with E-state index in [9.17, 15) is 4.79 Å². The van der Waals surface area contributed by atoms with Crippen LogP contribution in [0.15, 0.2) is 24.3 Å². The van der Waals surface area contributed by atoms with Gasteiger partial charge in [0.25, 0.3) is 0 Å². The minimum Gasteiger partial charge on any atom is -0.340 e. The Morgan fingerprint density at radius 2 is 2.07 bits per heavy atom. The maximum atomic E-state index is 11.2. The lowest BCUT2D eigenvalue weighted by Gasteiger charge is -2.17. The molecule has 0 bridgehead atoms. The van der Waals surface area contributed by atoms with E-state index in [2.05, 4.69) is 0 Å². The fraction of sp³-hybridized carbons (Fsp3) is 0.364. The fourth-order valence-electron chi connectivity index (χ4n) is 1.29. The molecule has 2 N–H and O–H groups in total. The van der Waals surface area contributed by atoms with Crippen LogP contribution in [-0.4, -0.2) is 24.4 Å². The smallest absolute Gasteiger partial charge is 0.236 e. The van der Waals surface area contributed by atoms with Gasteiger partial charge in [0.1, 0.15) is 0 Å². The molecule has 14 heavy (non-hydrogen) atoms. The molecule has 0 heterocycles. The zero-order chi connectivity index (χ0) is 10.6. The first kappa shape index (κ1) is 10.7. The van der Waals surface area contributed by atoms with Crippen molar-refractivity contribution in [2.24, 2.45) is 5.73 Å². The molecule has 0 aliphatic carbocycles. The molecule has 3 nitrogen and oxygen atoms in total. The Kier molecular flexibility index (Phi) is 3.65. The van der Waals surface area contributed by atoms with Crippen LogP contribution in [-0.2, 0) is 11.3 Å². The van der Waals surface area contributed by atoms with Crippen molar-refractivity contribution in [3.8, 4) is 0 Å². The highest BCUT2D eigenvalue weighted by Gasteiger charge is 2.07. The van der Waals surface area contributed by atoms with Crippen molar-refractivity contribution < 1.29 is 4.79 Å². The van der Waals surface area contributed by atoms with Crippen LogP contribution >= 0.6 is 0 Å². The summed E-state index contributed by atoms with van der Waals surface area (Å²) in [5, 5.41) is 0. The van der Waals surface area contributed by atoms with Crippen LogP contribution in [0, 0.1) is 6.92 Å². The molecule has 3 heteroatoms. The van der Waals surface area contributed by atoms with Gasteiger partial charge in [-0.3, -0.25) is 4.79 Å². The Morgan fingerprint density at radius 3 is 2.64 bits per heavy atom. The molecule has 0 aromatic heterocycles. The van der Waals surface area contributed by atoms with E-state index in [0.29, 0.717) is 6.54 Å². The first-order valence-electron chi connectivity index (χ1n) is 4.63.